The van der Waals surface area contributed by atoms with Crippen LogP contribution >= 0.6 is 15.6 Å². The Morgan fingerprint density at radius 3 is 0.708 bits per heavy atom. The van der Waals surface area contributed by atoms with Gasteiger partial charge in [0.15, 0.2) is 12.2 Å². The third-order valence-electron chi connectivity index (χ3n) is 18.0. The van der Waals surface area contributed by atoms with E-state index in [0.29, 0.717) is 25.7 Å². The van der Waals surface area contributed by atoms with Crippen LogP contribution in [0.2, 0.25) is 0 Å². The van der Waals surface area contributed by atoms with Crippen LogP contribution in [0.25, 0.3) is 0 Å². The van der Waals surface area contributed by atoms with Crippen LogP contribution in [0.5, 0.6) is 0 Å². The summed E-state index contributed by atoms with van der Waals surface area (Å²) in [4.78, 5) is 72.9. The Labute approximate surface area is 588 Å². The number of esters is 4. The Morgan fingerprint density at radius 2 is 0.479 bits per heavy atom. The van der Waals surface area contributed by atoms with Crippen molar-refractivity contribution >= 4 is 39.5 Å². The molecule has 19 heteroatoms. The van der Waals surface area contributed by atoms with Crippen molar-refractivity contribution in [1.82, 2.24) is 0 Å². The van der Waals surface area contributed by atoms with E-state index in [1.54, 1.807) is 0 Å². The molecule has 0 aromatic carbocycles. The van der Waals surface area contributed by atoms with Gasteiger partial charge in [0.25, 0.3) is 0 Å². The summed E-state index contributed by atoms with van der Waals surface area (Å²) in [7, 11) is -9.91. The Bertz CT molecular complexity index is 1840. The maximum Gasteiger partial charge on any atom is 0.472 e. The predicted octanol–water partition coefficient (Wildman–Crippen LogP) is 22.9. The van der Waals surface area contributed by atoms with Gasteiger partial charge in [0, 0.05) is 25.7 Å². The lowest BCUT2D eigenvalue weighted by molar-refractivity contribution is -0.161. The summed E-state index contributed by atoms with van der Waals surface area (Å²) >= 11 is 0. The van der Waals surface area contributed by atoms with Gasteiger partial charge in [0.05, 0.1) is 26.4 Å². The molecule has 0 aliphatic rings. The van der Waals surface area contributed by atoms with Gasteiger partial charge in [-0.15, -0.1) is 0 Å². The molecular formula is C77H150O17P2. The zero-order valence-electron chi connectivity index (χ0n) is 62.5. The fourth-order valence-electron chi connectivity index (χ4n) is 11.9. The van der Waals surface area contributed by atoms with Crippen LogP contribution in [0.4, 0.5) is 0 Å². The van der Waals surface area contributed by atoms with Crippen molar-refractivity contribution in [2.75, 3.05) is 39.6 Å². The van der Waals surface area contributed by atoms with Gasteiger partial charge < -0.3 is 33.8 Å². The Balaban J connectivity index is 5.27. The Hall–Kier alpha value is -1.94. The van der Waals surface area contributed by atoms with E-state index in [-0.39, 0.29) is 25.7 Å². The number of aliphatic hydroxyl groups excluding tert-OH is 1. The summed E-state index contributed by atoms with van der Waals surface area (Å²) in [5, 5.41) is 10.6. The molecule has 0 aromatic rings. The number of carbonyl (C=O) groups excluding carboxylic acids is 4. The molecule has 5 atom stereocenters. The third-order valence-corrected chi connectivity index (χ3v) is 19.9. The number of hydrogen-bond acceptors (Lipinski definition) is 15. The minimum absolute atomic E-state index is 0.108. The van der Waals surface area contributed by atoms with Crippen LogP contribution in [0.15, 0.2) is 0 Å². The fraction of sp³-hybridized carbons (Fsp3) is 0.948. The molecule has 0 spiro atoms. The van der Waals surface area contributed by atoms with Crippen molar-refractivity contribution in [3.63, 3.8) is 0 Å². The van der Waals surface area contributed by atoms with Crippen molar-refractivity contribution in [3.05, 3.63) is 0 Å². The maximum absolute atomic E-state index is 13.1. The topological polar surface area (TPSA) is 237 Å². The first kappa shape index (κ1) is 94.1. The SMILES string of the molecule is CCCCCCCCCCCCCCCCCC(=O)O[C@H](COC(=O)CCCCCCCCCCCCCC(C)C)COP(=O)(O)OC[C@@H](O)COP(=O)(O)OC[C@@H](COC(=O)CCCCCCCCCCCCCCC)OC(=O)CCCCCCCCCCCCCCCC. The van der Waals surface area contributed by atoms with Gasteiger partial charge in [0.1, 0.15) is 19.3 Å². The largest absolute Gasteiger partial charge is 0.472 e. The van der Waals surface area contributed by atoms with Crippen molar-refractivity contribution in [2.45, 2.75) is 425 Å². The molecule has 3 N–H and O–H groups in total. The van der Waals surface area contributed by atoms with E-state index in [9.17, 15) is 43.2 Å². The molecule has 0 saturated heterocycles. The molecule has 0 aromatic heterocycles. The average molecular weight is 1410 g/mol. The van der Waals surface area contributed by atoms with Gasteiger partial charge in [-0.05, 0) is 31.6 Å². The first-order valence-corrected chi connectivity index (χ1v) is 43.1. The number of unbranched alkanes of at least 4 members (excludes halogenated alkanes) is 49. The van der Waals surface area contributed by atoms with E-state index in [0.717, 1.165) is 95.8 Å². The quantitative estimate of drug-likeness (QED) is 0.0222. The van der Waals surface area contributed by atoms with E-state index in [4.69, 9.17) is 37.0 Å². The summed E-state index contributed by atoms with van der Waals surface area (Å²) in [6.45, 7) is 7.32. The minimum Gasteiger partial charge on any atom is -0.462 e. The summed E-state index contributed by atoms with van der Waals surface area (Å²) in [6, 6.07) is 0. The highest BCUT2D eigenvalue weighted by atomic mass is 31.2. The van der Waals surface area contributed by atoms with Crippen LogP contribution in [0.1, 0.15) is 407 Å². The highest BCUT2D eigenvalue weighted by molar-refractivity contribution is 7.47. The monoisotopic (exact) mass is 1410 g/mol. The van der Waals surface area contributed by atoms with E-state index < -0.39 is 97.5 Å². The van der Waals surface area contributed by atoms with E-state index in [1.165, 1.54) is 231 Å². The lowest BCUT2D eigenvalue weighted by atomic mass is 10.0. The van der Waals surface area contributed by atoms with Gasteiger partial charge in [0.2, 0.25) is 0 Å². The zero-order chi connectivity index (χ0) is 70.5. The second-order valence-corrected chi connectivity index (χ2v) is 31.1. The van der Waals surface area contributed by atoms with Gasteiger partial charge >= 0.3 is 39.5 Å². The first-order chi connectivity index (χ1) is 46.5. The smallest absolute Gasteiger partial charge is 0.462 e. The predicted molar refractivity (Wildman–Crippen MR) is 391 cm³/mol. The second kappa shape index (κ2) is 70.1. The molecule has 17 nitrogen and oxygen atoms in total. The normalized spacial score (nSPS) is 13.9. The number of ether oxygens (including phenoxy) is 4. The summed E-state index contributed by atoms with van der Waals surface area (Å²) in [5.41, 5.74) is 0. The van der Waals surface area contributed by atoms with Crippen LogP contribution < -0.4 is 0 Å². The molecule has 2 unspecified atom stereocenters. The molecule has 0 aliphatic heterocycles. The Morgan fingerprint density at radius 1 is 0.281 bits per heavy atom. The fourth-order valence-corrected chi connectivity index (χ4v) is 13.5. The van der Waals surface area contributed by atoms with Crippen molar-refractivity contribution in [2.24, 2.45) is 5.92 Å². The molecule has 570 valence electrons. The number of rotatable bonds is 77. The first-order valence-electron chi connectivity index (χ1n) is 40.1. The third kappa shape index (κ3) is 70.5. The average Bonchev–Trinajstić information content (AvgIpc) is 2.69. The van der Waals surface area contributed by atoms with Crippen molar-refractivity contribution in [1.29, 1.82) is 0 Å². The van der Waals surface area contributed by atoms with Gasteiger partial charge in [-0.1, -0.05) is 356 Å². The summed E-state index contributed by atoms with van der Waals surface area (Å²) in [5.74, 6) is -1.34. The highest BCUT2D eigenvalue weighted by Crippen LogP contribution is 2.45. The minimum atomic E-state index is -4.96. The lowest BCUT2D eigenvalue weighted by Crippen LogP contribution is -2.30. The number of hydrogen-bond donors (Lipinski definition) is 3. The number of phosphoric ester groups is 2. The van der Waals surface area contributed by atoms with Crippen LogP contribution in [-0.4, -0.2) is 96.7 Å². The molecule has 0 bridgehead atoms. The van der Waals surface area contributed by atoms with E-state index in [2.05, 4.69) is 34.6 Å². The van der Waals surface area contributed by atoms with Gasteiger partial charge in [-0.3, -0.25) is 37.3 Å². The number of carbonyl (C=O) groups is 4. The molecule has 0 amide bonds. The van der Waals surface area contributed by atoms with Crippen LogP contribution in [0.3, 0.4) is 0 Å². The van der Waals surface area contributed by atoms with Crippen molar-refractivity contribution in [3.8, 4) is 0 Å². The van der Waals surface area contributed by atoms with Gasteiger partial charge in [-0.2, -0.15) is 0 Å². The zero-order valence-corrected chi connectivity index (χ0v) is 64.3. The molecule has 0 saturated carbocycles. The molecule has 0 radical (unpaired) electrons. The van der Waals surface area contributed by atoms with E-state index in [1.807, 2.05) is 0 Å². The second-order valence-electron chi connectivity index (χ2n) is 28.2. The lowest BCUT2D eigenvalue weighted by Gasteiger charge is -2.21. The molecule has 0 fully saturated rings. The van der Waals surface area contributed by atoms with Crippen LogP contribution in [0, 0.1) is 5.92 Å². The standard InChI is InChI=1S/C77H150O17P2/c1-6-9-12-15-18-21-24-27-29-32-37-43-48-53-58-63-77(82)94-73(67-88-75(80)61-56-51-46-41-38-33-34-39-44-49-54-59-70(4)5)69-92-96(85,86)90-65-71(78)64-89-95(83,84)91-68-72(66-87-74(79)60-55-50-45-40-35-30-26-23-20-17-14-11-8-3)93-76(81)62-57-52-47-42-36-31-28-25-22-19-16-13-10-7-2/h70-73,78H,6-69H2,1-5H3,(H,83,84)(H,85,86)/t71-,72+,73+/m0/s1. The molecule has 0 rings (SSSR count). The number of aliphatic hydroxyl groups is 1. The Kier molecular flexibility index (Phi) is 68.7. The van der Waals surface area contributed by atoms with Gasteiger partial charge in [-0.25, -0.2) is 9.13 Å². The maximum atomic E-state index is 13.1. The summed E-state index contributed by atoms with van der Waals surface area (Å²) in [6.07, 6.45) is 59.4. The van der Waals surface area contributed by atoms with E-state index >= 15 is 0 Å². The summed E-state index contributed by atoms with van der Waals surface area (Å²) < 4.78 is 68.6. The highest BCUT2D eigenvalue weighted by Gasteiger charge is 2.30. The molecule has 0 aliphatic carbocycles. The number of phosphoric acid groups is 2. The molecule has 0 heterocycles. The van der Waals surface area contributed by atoms with Crippen molar-refractivity contribution < 1.29 is 80.2 Å². The molecule has 96 heavy (non-hydrogen) atoms. The van der Waals surface area contributed by atoms with Crippen LogP contribution in [-0.2, 0) is 65.4 Å². The molecular weight excluding hydrogens is 1260 g/mol.